The van der Waals surface area contributed by atoms with Crippen LogP contribution in [0, 0.1) is 12.3 Å². The summed E-state index contributed by atoms with van der Waals surface area (Å²) < 4.78 is 0. The Morgan fingerprint density at radius 3 is 2.63 bits per heavy atom. The van der Waals surface area contributed by atoms with Gasteiger partial charge >= 0.3 is 0 Å². The van der Waals surface area contributed by atoms with E-state index in [4.69, 9.17) is 29.6 Å². The molecule has 4 heteroatoms. The maximum atomic E-state index is 12.1. The average Bonchev–Trinajstić information content (AvgIpc) is 2.42. The molecule has 1 N–H and O–H groups in total. The Morgan fingerprint density at radius 2 is 1.89 bits per heavy atom. The molecule has 0 spiro atoms. The Kier molecular flexibility index (Phi) is 4.11. The van der Waals surface area contributed by atoms with Gasteiger partial charge in [-0.2, -0.15) is 0 Å². The Morgan fingerprint density at radius 1 is 1.16 bits per heavy atom. The van der Waals surface area contributed by atoms with Crippen molar-refractivity contribution in [3.05, 3.63) is 63.6 Å². The Bertz CT molecular complexity index is 674. The van der Waals surface area contributed by atoms with E-state index in [9.17, 15) is 4.79 Å². The minimum absolute atomic E-state index is 0.231. The van der Waals surface area contributed by atoms with Crippen molar-refractivity contribution < 1.29 is 4.79 Å². The third kappa shape index (κ3) is 3.08. The number of anilines is 1. The molecule has 0 unspecified atom stereocenters. The zero-order valence-electron chi connectivity index (χ0n) is 9.78. The maximum absolute atomic E-state index is 12.1. The van der Waals surface area contributed by atoms with Crippen molar-refractivity contribution in [1.29, 1.82) is 0 Å². The van der Waals surface area contributed by atoms with Crippen LogP contribution in [0.25, 0.3) is 0 Å². The highest BCUT2D eigenvalue weighted by atomic mass is 35.5. The van der Waals surface area contributed by atoms with Gasteiger partial charge in [-0.15, -0.1) is 6.42 Å². The van der Waals surface area contributed by atoms with E-state index in [0.29, 0.717) is 21.8 Å². The highest BCUT2D eigenvalue weighted by Crippen LogP contribution is 2.26. The molecule has 1 amide bonds. The van der Waals surface area contributed by atoms with Gasteiger partial charge in [0.2, 0.25) is 0 Å². The molecular weight excluding hydrogens is 281 g/mol. The number of hydrogen-bond donors (Lipinski definition) is 1. The van der Waals surface area contributed by atoms with Crippen LogP contribution in [0.1, 0.15) is 15.9 Å². The van der Waals surface area contributed by atoms with Crippen molar-refractivity contribution in [3.63, 3.8) is 0 Å². The predicted molar refractivity (Wildman–Crippen MR) is 78.8 cm³/mol. The van der Waals surface area contributed by atoms with Gasteiger partial charge in [0.25, 0.3) is 5.91 Å². The third-order valence-electron chi connectivity index (χ3n) is 2.48. The molecule has 0 heterocycles. The van der Waals surface area contributed by atoms with Crippen molar-refractivity contribution in [2.45, 2.75) is 0 Å². The summed E-state index contributed by atoms with van der Waals surface area (Å²) in [5.41, 5.74) is 1.62. The van der Waals surface area contributed by atoms with Crippen molar-refractivity contribution >= 4 is 34.8 Å². The first-order valence-corrected chi connectivity index (χ1v) is 6.19. The quantitative estimate of drug-likeness (QED) is 0.824. The molecule has 94 valence electrons. The molecule has 0 aliphatic carbocycles. The Hall–Kier alpha value is -1.95. The van der Waals surface area contributed by atoms with E-state index in [1.807, 2.05) is 0 Å². The van der Waals surface area contributed by atoms with Crippen LogP contribution in [0.15, 0.2) is 42.5 Å². The van der Waals surface area contributed by atoms with Crippen LogP contribution >= 0.6 is 23.2 Å². The summed E-state index contributed by atoms with van der Waals surface area (Å²) in [4.78, 5) is 12.1. The first-order valence-electron chi connectivity index (χ1n) is 5.44. The SMILES string of the molecule is C#Cc1cccc(NC(=O)c2cccc(Cl)c2Cl)c1. The summed E-state index contributed by atoms with van der Waals surface area (Å²) in [5.74, 6) is 2.17. The number of amides is 1. The minimum atomic E-state index is -0.332. The van der Waals surface area contributed by atoms with Crippen LogP contribution < -0.4 is 5.32 Å². The van der Waals surface area contributed by atoms with Crippen LogP contribution in [0.5, 0.6) is 0 Å². The predicted octanol–water partition coefficient (Wildman–Crippen LogP) is 4.23. The van der Waals surface area contributed by atoms with E-state index in [1.165, 1.54) is 0 Å². The number of rotatable bonds is 2. The van der Waals surface area contributed by atoms with E-state index in [0.717, 1.165) is 0 Å². The van der Waals surface area contributed by atoms with Gasteiger partial charge in [-0.1, -0.05) is 41.3 Å². The molecule has 0 fully saturated rings. The fourth-order valence-corrected chi connectivity index (χ4v) is 1.95. The lowest BCUT2D eigenvalue weighted by molar-refractivity contribution is 0.102. The monoisotopic (exact) mass is 289 g/mol. The number of halogens is 2. The molecule has 0 aliphatic heterocycles. The van der Waals surface area contributed by atoms with Crippen LogP contribution in [0.4, 0.5) is 5.69 Å². The van der Waals surface area contributed by atoms with Crippen molar-refractivity contribution in [1.82, 2.24) is 0 Å². The summed E-state index contributed by atoms with van der Waals surface area (Å²) in [6.45, 7) is 0. The second kappa shape index (κ2) is 5.79. The highest BCUT2D eigenvalue weighted by molar-refractivity contribution is 6.44. The van der Waals surface area contributed by atoms with Gasteiger partial charge in [-0.3, -0.25) is 4.79 Å². The summed E-state index contributed by atoms with van der Waals surface area (Å²) in [6.07, 6.45) is 5.30. The smallest absolute Gasteiger partial charge is 0.257 e. The summed E-state index contributed by atoms with van der Waals surface area (Å²) in [6, 6.07) is 11.9. The van der Waals surface area contributed by atoms with Gasteiger partial charge < -0.3 is 5.32 Å². The largest absolute Gasteiger partial charge is 0.322 e. The topological polar surface area (TPSA) is 29.1 Å². The zero-order valence-corrected chi connectivity index (χ0v) is 11.3. The molecule has 19 heavy (non-hydrogen) atoms. The van der Waals surface area contributed by atoms with Crippen molar-refractivity contribution in [2.24, 2.45) is 0 Å². The van der Waals surface area contributed by atoms with Crippen LogP contribution in [0.3, 0.4) is 0 Å². The van der Waals surface area contributed by atoms with Crippen molar-refractivity contribution in [3.8, 4) is 12.3 Å². The van der Waals surface area contributed by atoms with Crippen LogP contribution in [0.2, 0.25) is 10.0 Å². The number of carbonyl (C=O) groups is 1. The summed E-state index contributed by atoms with van der Waals surface area (Å²) >= 11 is 11.9. The maximum Gasteiger partial charge on any atom is 0.257 e. The first kappa shape index (κ1) is 13.5. The molecule has 2 rings (SSSR count). The molecular formula is C15H9Cl2NO. The normalized spacial score (nSPS) is 9.74. The highest BCUT2D eigenvalue weighted by Gasteiger charge is 2.12. The summed E-state index contributed by atoms with van der Waals surface area (Å²) in [5, 5.41) is 3.29. The molecule has 0 aromatic heterocycles. The number of nitrogens with one attached hydrogen (secondary N) is 1. The zero-order chi connectivity index (χ0) is 13.8. The standard InChI is InChI=1S/C15H9Cl2NO/c1-2-10-5-3-6-11(9-10)18-15(19)12-7-4-8-13(16)14(12)17/h1,3-9H,(H,18,19). The Balaban J connectivity index is 2.26. The second-order valence-electron chi connectivity index (χ2n) is 3.78. The van der Waals surface area contributed by atoms with Gasteiger partial charge in [0.1, 0.15) is 0 Å². The van der Waals surface area contributed by atoms with Crippen LogP contribution in [-0.2, 0) is 0 Å². The lowest BCUT2D eigenvalue weighted by atomic mass is 10.2. The third-order valence-corrected chi connectivity index (χ3v) is 3.30. The fraction of sp³-hybridized carbons (Fsp3) is 0. The summed E-state index contributed by atoms with van der Waals surface area (Å²) in [7, 11) is 0. The number of benzene rings is 2. The Labute approximate surface area is 121 Å². The molecule has 0 saturated carbocycles. The van der Waals surface area contributed by atoms with E-state index in [1.54, 1.807) is 42.5 Å². The molecule has 0 radical (unpaired) electrons. The van der Waals surface area contributed by atoms with Gasteiger partial charge in [-0.05, 0) is 30.3 Å². The van der Waals surface area contributed by atoms with E-state index in [-0.39, 0.29) is 10.9 Å². The van der Waals surface area contributed by atoms with Gasteiger partial charge in [0, 0.05) is 11.3 Å². The number of hydrogen-bond acceptors (Lipinski definition) is 1. The van der Waals surface area contributed by atoms with E-state index in [2.05, 4.69) is 11.2 Å². The first-order chi connectivity index (χ1) is 9.11. The fourth-order valence-electron chi connectivity index (χ4n) is 1.56. The van der Waals surface area contributed by atoms with Crippen molar-refractivity contribution in [2.75, 3.05) is 5.32 Å². The number of terminal acetylenes is 1. The second-order valence-corrected chi connectivity index (χ2v) is 4.57. The minimum Gasteiger partial charge on any atom is -0.322 e. The van der Waals surface area contributed by atoms with Gasteiger partial charge in [0.05, 0.1) is 15.6 Å². The van der Waals surface area contributed by atoms with E-state index >= 15 is 0 Å². The van der Waals surface area contributed by atoms with Crippen LogP contribution in [-0.4, -0.2) is 5.91 Å². The van der Waals surface area contributed by atoms with E-state index < -0.39 is 0 Å². The van der Waals surface area contributed by atoms with Gasteiger partial charge in [0.15, 0.2) is 0 Å². The molecule has 0 bridgehead atoms. The van der Waals surface area contributed by atoms with Gasteiger partial charge in [-0.25, -0.2) is 0 Å². The molecule has 2 nitrogen and oxygen atoms in total. The lowest BCUT2D eigenvalue weighted by Gasteiger charge is -2.07. The molecule has 2 aromatic rings. The lowest BCUT2D eigenvalue weighted by Crippen LogP contribution is -2.12. The molecule has 0 atom stereocenters. The molecule has 0 saturated heterocycles. The average molecular weight is 290 g/mol. The molecule has 0 aliphatic rings. The molecule has 2 aromatic carbocycles. The number of carbonyl (C=O) groups excluding carboxylic acids is 1.